The molecule has 0 aliphatic carbocycles. The second-order valence-corrected chi connectivity index (χ2v) is 3.66. The van der Waals surface area contributed by atoms with Crippen LogP contribution in [0.3, 0.4) is 0 Å². The van der Waals surface area contributed by atoms with Crippen LogP contribution in [0.25, 0.3) is 0 Å². The predicted octanol–water partition coefficient (Wildman–Crippen LogP) is 0.649. The molecule has 0 aromatic heterocycles. The van der Waals surface area contributed by atoms with Crippen LogP contribution in [-0.2, 0) is 14.4 Å². The molecule has 4 heteroatoms. The van der Waals surface area contributed by atoms with Gasteiger partial charge in [-0.2, -0.15) is 0 Å². The molecule has 0 fully saturated rings. The van der Waals surface area contributed by atoms with Gasteiger partial charge in [0.25, 0.3) is 0 Å². The molecule has 0 saturated heterocycles. The molecule has 0 aliphatic rings. The molecule has 0 aromatic rings. The number of amides is 1. The first-order valence-electron chi connectivity index (χ1n) is 4.58. The zero-order valence-corrected chi connectivity index (χ0v) is 9.16. The van der Waals surface area contributed by atoms with E-state index in [-0.39, 0.29) is 29.8 Å². The van der Waals surface area contributed by atoms with Crippen molar-refractivity contribution >= 4 is 17.5 Å². The Hall–Kier alpha value is -1.19. The van der Waals surface area contributed by atoms with E-state index >= 15 is 0 Å². The van der Waals surface area contributed by atoms with E-state index in [1.165, 1.54) is 18.7 Å². The molecule has 0 saturated carbocycles. The molecule has 1 amide bonds. The van der Waals surface area contributed by atoms with E-state index in [4.69, 9.17) is 0 Å². The van der Waals surface area contributed by atoms with Crippen molar-refractivity contribution < 1.29 is 14.4 Å². The van der Waals surface area contributed by atoms with Gasteiger partial charge in [-0.1, -0.05) is 6.92 Å². The van der Waals surface area contributed by atoms with Crippen LogP contribution in [-0.4, -0.2) is 36.0 Å². The predicted molar refractivity (Wildman–Crippen MR) is 52.8 cm³/mol. The van der Waals surface area contributed by atoms with Gasteiger partial charge in [-0.25, -0.2) is 0 Å². The van der Waals surface area contributed by atoms with Crippen LogP contribution in [0.4, 0.5) is 0 Å². The highest BCUT2D eigenvalue weighted by molar-refractivity contribution is 5.96. The summed E-state index contributed by atoms with van der Waals surface area (Å²) in [5.41, 5.74) is 0. The van der Waals surface area contributed by atoms with E-state index in [0.29, 0.717) is 6.54 Å². The highest BCUT2D eigenvalue weighted by Gasteiger charge is 2.16. The number of rotatable bonds is 5. The van der Waals surface area contributed by atoms with Gasteiger partial charge in [0.2, 0.25) is 5.91 Å². The smallest absolute Gasteiger partial charge is 0.229 e. The average molecular weight is 199 g/mol. The van der Waals surface area contributed by atoms with Crippen molar-refractivity contribution in [2.24, 2.45) is 5.92 Å². The lowest BCUT2D eigenvalue weighted by molar-refractivity contribution is -0.134. The van der Waals surface area contributed by atoms with Crippen molar-refractivity contribution in [1.82, 2.24) is 4.90 Å². The van der Waals surface area contributed by atoms with Gasteiger partial charge in [-0.15, -0.1) is 0 Å². The third-order valence-electron chi connectivity index (χ3n) is 2.07. The lowest BCUT2D eigenvalue weighted by Crippen LogP contribution is -2.33. The summed E-state index contributed by atoms with van der Waals surface area (Å²) in [7, 11) is 1.60. The Labute approximate surface area is 84.3 Å². The van der Waals surface area contributed by atoms with E-state index in [2.05, 4.69) is 0 Å². The first kappa shape index (κ1) is 12.8. The van der Waals surface area contributed by atoms with Crippen molar-refractivity contribution in [3.8, 4) is 0 Å². The van der Waals surface area contributed by atoms with E-state index in [0.717, 1.165) is 0 Å². The maximum Gasteiger partial charge on any atom is 0.229 e. The van der Waals surface area contributed by atoms with E-state index in [1.807, 2.05) is 0 Å². The molecule has 1 unspecified atom stereocenters. The standard InChI is InChI=1S/C10H17NO3/c1-7(9(3)13)6-11(4)10(14)5-8(2)12/h7H,5-6H2,1-4H3. The first-order chi connectivity index (χ1) is 6.34. The second kappa shape index (κ2) is 5.52. The minimum atomic E-state index is -0.231. The quantitative estimate of drug-likeness (QED) is 0.611. The summed E-state index contributed by atoms with van der Waals surface area (Å²) in [5, 5.41) is 0. The van der Waals surface area contributed by atoms with Crippen LogP contribution in [0.15, 0.2) is 0 Å². The van der Waals surface area contributed by atoms with Gasteiger partial charge in [0.05, 0.1) is 6.42 Å². The summed E-state index contributed by atoms with van der Waals surface area (Å²) >= 11 is 0. The number of hydrogen-bond acceptors (Lipinski definition) is 3. The fraction of sp³-hybridized carbons (Fsp3) is 0.700. The normalized spacial score (nSPS) is 12.0. The Bertz CT molecular complexity index is 248. The third kappa shape index (κ3) is 4.74. The average Bonchev–Trinajstić information content (AvgIpc) is 2.02. The fourth-order valence-corrected chi connectivity index (χ4v) is 0.989. The summed E-state index contributed by atoms with van der Waals surface area (Å²) in [6.45, 7) is 5.01. The summed E-state index contributed by atoms with van der Waals surface area (Å²) in [6, 6.07) is 0. The van der Waals surface area contributed by atoms with Gasteiger partial charge in [0.15, 0.2) is 0 Å². The van der Waals surface area contributed by atoms with Crippen molar-refractivity contribution in [1.29, 1.82) is 0 Å². The van der Waals surface area contributed by atoms with Crippen LogP contribution in [0.1, 0.15) is 27.2 Å². The summed E-state index contributed by atoms with van der Waals surface area (Å²) in [5.74, 6) is -0.508. The molecule has 0 bridgehead atoms. The van der Waals surface area contributed by atoms with Crippen LogP contribution < -0.4 is 0 Å². The molecular formula is C10H17NO3. The van der Waals surface area contributed by atoms with Gasteiger partial charge in [0, 0.05) is 19.5 Å². The molecule has 0 aromatic carbocycles. The Morgan fingerprint density at radius 2 is 1.71 bits per heavy atom. The number of nitrogens with zero attached hydrogens (tertiary/aromatic N) is 1. The molecule has 0 aliphatic heterocycles. The Morgan fingerprint density at radius 1 is 1.21 bits per heavy atom. The van der Waals surface area contributed by atoms with E-state index in [1.54, 1.807) is 14.0 Å². The number of carbonyl (C=O) groups is 3. The Kier molecular flexibility index (Phi) is 5.05. The Balaban J connectivity index is 4.07. The van der Waals surface area contributed by atoms with Crippen molar-refractivity contribution in [3.63, 3.8) is 0 Å². The highest BCUT2D eigenvalue weighted by atomic mass is 16.2. The number of ketones is 2. The first-order valence-corrected chi connectivity index (χ1v) is 4.58. The Morgan fingerprint density at radius 3 is 2.07 bits per heavy atom. The molecule has 0 rings (SSSR count). The maximum atomic E-state index is 11.3. The van der Waals surface area contributed by atoms with Gasteiger partial charge < -0.3 is 4.90 Å². The molecule has 0 N–H and O–H groups in total. The van der Waals surface area contributed by atoms with Crippen molar-refractivity contribution in [2.45, 2.75) is 27.2 Å². The van der Waals surface area contributed by atoms with Crippen LogP contribution >= 0.6 is 0 Å². The molecule has 14 heavy (non-hydrogen) atoms. The molecule has 0 heterocycles. The van der Waals surface area contributed by atoms with Gasteiger partial charge in [0.1, 0.15) is 11.6 Å². The monoisotopic (exact) mass is 199 g/mol. The van der Waals surface area contributed by atoms with E-state index in [9.17, 15) is 14.4 Å². The molecular weight excluding hydrogens is 182 g/mol. The fourth-order valence-electron chi connectivity index (χ4n) is 0.989. The third-order valence-corrected chi connectivity index (χ3v) is 2.07. The summed E-state index contributed by atoms with van der Waals surface area (Å²) in [6.07, 6.45) is -0.0822. The summed E-state index contributed by atoms with van der Waals surface area (Å²) < 4.78 is 0. The van der Waals surface area contributed by atoms with Crippen molar-refractivity contribution in [3.05, 3.63) is 0 Å². The lowest BCUT2D eigenvalue weighted by atomic mass is 10.1. The zero-order chi connectivity index (χ0) is 11.3. The van der Waals surface area contributed by atoms with Crippen LogP contribution in [0, 0.1) is 5.92 Å². The largest absolute Gasteiger partial charge is 0.345 e. The van der Waals surface area contributed by atoms with Crippen LogP contribution in [0.2, 0.25) is 0 Å². The van der Waals surface area contributed by atoms with Gasteiger partial charge in [-0.05, 0) is 13.8 Å². The minimum absolute atomic E-state index is 0.0486. The molecule has 80 valence electrons. The SMILES string of the molecule is CC(=O)CC(=O)N(C)CC(C)C(C)=O. The summed E-state index contributed by atoms with van der Waals surface area (Å²) in [4.78, 5) is 34.3. The topological polar surface area (TPSA) is 54.5 Å². The number of hydrogen-bond donors (Lipinski definition) is 0. The molecule has 4 nitrogen and oxygen atoms in total. The maximum absolute atomic E-state index is 11.3. The lowest BCUT2D eigenvalue weighted by Gasteiger charge is -2.19. The van der Waals surface area contributed by atoms with E-state index < -0.39 is 0 Å². The zero-order valence-electron chi connectivity index (χ0n) is 9.16. The molecule has 0 spiro atoms. The second-order valence-electron chi connectivity index (χ2n) is 3.66. The van der Waals surface area contributed by atoms with Gasteiger partial charge in [-0.3, -0.25) is 14.4 Å². The van der Waals surface area contributed by atoms with Crippen LogP contribution in [0.5, 0.6) is 0 Å². The number of Topliss-reactive ketones (excluding diaryl/α,β-unsaturated/α-hetero) is 2. The van der Waals surface area contributed by atoms with Crippen molar-refractivity contribution in [2.75, 3.05) is 13.6 Å². The number of carbonyl (C=O) groups excluding carboxylic acids is 3. The van der Waals surface area contributed by atoms with Gasteiger partial charge >= 0.3 is 0 Å². The minimum Gasteiger partial charge on any atom is -0.345 e. The molecule has 1 atom stereocenters. The molecule has 0 radical (unpaired) electrons. The highest BCUT2D eigenvalue weighted by Crippen LogP contribution is 2.01.